The molecule has 6 aromatic rings. The summed E-state index contributed by atoms with van der Waals surface area (Å²) in [5.74, 6) is 0. The molecule has 0 saturated heterocycles. The van der Waals surface area contributed by atoms with Crippen LogP contribution in [0.25, 0.3) is 29.9 Å². The SMILES string of the molecule is c1ccc([Si]2(c3ccccc3)c3c(sc4ccccc34)-c3sc4ccccc4c32)cc1. The highest BCUT2D eigenvalue weighted by atomic mass is 32.1. The Kier molecular flexibility index (Phi) is 3.71. The molecular weight excluding hydrogens is 429 g/mol. The molecule has 0 fully saturated rings. The largest absolute Gasteiger partial charge is 0.184 e. The number of fused-ring (bicyclic) bond motifs is 7. The maximum Gasteiger partial charge on any atom is 0.184 e. The van der Waals surface area contributed by atoms with Crippen LogP contribution >= 0.6 is 22.7 Å². The molecule has 1 aliphatic heterocycles. The van der Waals surface area contributed by atoms with Crippen LogP contribution in [0.2, 0.25) is 0 Å². The van der Waals surface area contributed by atoms with E-state index in [4.69, 9.17) is 0 Å². The third-order valence-electron chi connectivity index (χ3n) is 6.56. The highest BCUT2D eigenvalue weighted by molar-refractivity contribution is 7.39. The van der Waals surface area contributed by atoms with E-state index in [0.717, 1.165) is 0 Å². The normalized spacial score (nSPS) is 14.1. The molecule has 146 valence electrons. The van der Waals surface area contributed by atoms with Gasteiger partial charge < -0.3 is 0 Å². The first-order valence-electron chi connectivity index (χ1n) is 10.5. The fraction of sp³-hybridized carbons (Fsp3) is 0. The Balaban J connectivity index is 1.77. The van der Waals surface area contributed by atoms with Crippen LogP contribution in [0.15, 0.2) is 109 Å². The second-order valence-electron chi connectivity index (χ2n) is 8.09. The smallest absolute Gasteiger partial charge is 0.134 e. The van der Waals surface area contributed by atoms with Gasteiger partial charge in [0, 0.05) is 19.2 Å². The summed E-state index contributed by atoms with van der Waals surface area (Å²) in [6.07, 6.45) is 0. The van der Waals surface area contributed by atoms with Crippen molar-refractivity contribution >= 4 is 71.7 Å². The third kappa shape index (κ3) is 2.23. The van der Waals surface area contributed by atoms with Crippen molar-refractivity contribution in [2.75, 3.05) is 0 Å². The summed E-state index contributed by atoms with van der Waals surface area (Å²) in [6.45, 7) is 0. The number of hydrogen-bond acceptors (Lipinski definition) is 2. The van der Waals surface area contributed by atoms with Crippen molar-refractivity contribution in [2.24, 2.45) is 0 Å². The molecule has 31 heavy (non-hydrogen) atoms. The topological polar surface area (TPSA) is 0 Å². The second kappa shape index (κ2) is 6.51. The van der Waals surface area contributed by atoms with Crippen LogP contribution in [-0.2, 0) is 0 Å². The Labute approximate surface area is 190 Å². The van der Waals surface area contributed by atoms with Gasteiger partial charge in [-0.2, -0.15) is 0 Å². The van der Waals surface area contributed by atoms with Crippen LogP contribution in [0.5, 0.6) is 0 Å². The zero-order valence-electron chi connectivity index (χ0n) is 16.7. The average molecular weight is 447 g/mol. The van der Waals surface area contributed by atoms with E-state index in [9.17, 15) is 0 Å². The molecule has 0 atom stereocenters. The molecule has 0 N–H and O–H groups in total. The fourth-order valence-electron chi connectivity index (χ4n) is 5.40. The van der Waals surface area contributed by atoms with Crippen molar-refractivity contribution in [3.05, 3.63) is 109 Å². The van der Waals surface area contributed by atoms with Crippen LogP contribution in [0.4, 0.5) is 0 Å². The van der Waals surface area contributed by atoms with Crippen molar-refractivity contribution in [2.45, 2.75) is 0 Å². The Morgan fingerprint density at radius 3 is 1.26 bits per heavy atom. The Morgan fingerprint density at radius 1 is 0.419 bits per heavy atom. The van der Waals surface area contributed by atoms with E-state index in [1.807, 2.05) is 22.7 Å². The highest BCUT2D eigenvalue weighted by Gasteiger charge is 2.52. The molecule has 2 aromatic heterocycles. The van der Waals surface area contributed by atoms with Gasteiger partial charge in [-0.1, -0.05) is 97.1 Å². The van der Waals surface area contributed by atoms with Gasteiger partial charge in [-0.05, 0) is 43.7 Å². The molecule has 7 rings (SSSR count). The standard InChI is InChI=1S/C28H18S2Si/c1-3-11-19(12-4-1)31(20-13-5-2-6-14-20)27-21-15-7-9-17-23(21)29-25(27)26-28(31)22-16-8-10-18-24(22)30-26/h1-18H. The zero-order chi connectivity index (χ0) is 20.4. The van der Waals surface area contributed by atoms with E-state index in [1.165, 1.54) is 40.3 Å². The van der Waals surface area contributed by atoms with Crippen LogP contribution in [-0.4, -0.2) is 8.07 Å². The third-order valence-corrected chi connectivity index (χ3v) is 14.4. The minimum Gasteiger partial charge on any atom is -0.134 e. The van der Waals surface area contributed by atoms with Gasteiger partial charge in [0.05, 0.1) is 0 Å². The molecule has 0 unspecified atom stereocenters. The lowest BCUT2D eigenvalue weighted by atomic mass is 10.2. The summed E-state index contributed by atoms with van der Waals surface area (Å²) in [6, 6.07) is 40.7. The minimum atomic E-state index is -2.43. The molecule has 0 aliphatic carbocycles. The van der Waals surface area contributed by atoms with Crippen LogP contribution in [0.1, 0.15) is 0 Å². The minimum absolute atomic E-state index is 1.40. The fourth-order valence-corrected chi connectivity index (χ4v) is 14.6. The second-order valence-corrected chi connectivity index (χ2v) is 13.8. The van der Waals surface area contributed by atoms with Crippen molar-refractivity contribution in [3.63, 3.8) is 0 Å². The van der Waals surface area contributed by atoms with Gasteiger partial charge in [-0.25, -0.2) is 0 Å². The Bertz CT molecular complexity index is 1450. The van der Waals surface area contributed by atoms with Crippen LogP contribution in [0, 0.1) is 0 Å². The van der Waals surface area contributed by atoms with E-state index in [1.54, 1.807) is 10.4 Å². The van der Waals surface area contributed by atoms with Crippen molar-refractivity contribution < 1.29 is 0 Å². The molecular formula is C28H18S2Si. The number of rotatable bonds is 2. The molecule has 0 radical (unpaired) electrons. The molecule has 3 heteroatoms. The average Bonchev–Trinajstić information content (AvgIpc) is 3.48. The van der Waals surface area contributed by atoms with Crippen molar-refractivity contribution in [1.29, 1.82) is 0 Å². The molecule has 0 saturated carbocycles. The van der Waals surface area contributed by atoms with Gasteiger partial charge in [0.15, 0.2) is 8.07 Å². The molecule has 0 spiro atoms. The Hall–Kier alpha value is -2.98. The number of hydrogen-bond donors (Lipinski definition) is 0. The summed E-state index contributed by atoms with van der Waals surface area (Å²) < 4.78 is 2.80. The zero-order valence-corrected chi connectivity index (χ0v) is 19.3. The van der Waals surface area contributed by atoms with Gasteiger partial charge in [0.25, 0.3) is 0 Å². The van der Waals surface area contributed by atoms with Gasteiger partial charge in [0.1, 0.15) is 0 Å². The molecule has 3 heterocycles. The van der Waals surface area contributed by atoms with Gasteiger partial charge in [-0.15, -0.1) is 22.7 Å². The lowest BCUT2D eigenvalue weighted by Gasteiger charge is -2.31. The van der Waals surface area contributed by atoms with Crippen LogP contribution in [0.3, 0.4) is 0 Å². The quantitative estimate of drug-likeness (QED) is 0.309. The van der Waals surface area contributed by atoms with E-state index in [0.29, 0.717) is 0 Å². The van der Waals surface area contributed by atoms with Crippen LogP contribution < -0.4 is 20.7 Å². The van der Waals surface area contributed by atoms with E-state index in [-0.39, 0.29) is 0 Å². The molecule has 0 nitrogen and oxygen atoms in total. The Morgan fingerprint density at radius 2 is 0.806 bits per heavy atom. The summed E-state index contributed by atoms with van der Waals surface area (Å²) in [5.41, 5.74) is 0. The number of thiophene rings is 2. The van der Waals surface area contributed by atoms with E-state index in [2.05, 4.69) is 109 Å². The summed E-state index contributed by atoms with van der Waals surface area (Å²) >= 11 is 3.96. The number of benzene rings is 4. The summed E-state index contributed by atoms with van der Waals surface area (Å²) in [4.78, 5) is 2.99. The molecule has 1 aliphatic rings. The van der Waals surface area contributed by atoms with Crippen molar-refractivity contribution in [1.82, 2.24) is 0 Å². The summed E-state index contributed by atoms with van der Waals surface area (Å²) in [7, 11) is -2.43. The molecule has 0 amide bonds. The van der Waals surface area contributed by atoms with Gasteiger partial charge in [-0.3, -0.25) is 0 Å². The lowest BCUT2D eigenvalue weighted by molar-refractivity contribution is 1.72. The first-order chi connectivity index (χ1) is 15.4. The molecule has 4 aromatic carbocycles. The maximum absolute atomic E-state index is 2.43. The summed E-state index contributed by atoms with van der Waals surface area (Å²) in [5, 5.41) is 9.03. The predicted molar refractivity (Wildman–Crippen MR) is 140 cm³/mol. The van der Waals surface area contributed by atoms with Gasteiger partial charge >= 0.3 is 0 Å². The molecule has 0 bridgehead atoms. The van der Waals surface area contributed by atoms with Gasteiger partial charge in [0.2, 0.25) is 0 Å². The predicted octanol–water partition coefficient (Wildman–Crippen LogP) is 5.47. The first kappa shape index (κ1) is 17.7. The highest BCUT2D eigenvalue weighted by Crippen LogP contribution is 2.44. The van der Waals surface area contributed by atoms with E-state index < -0.39 is 8.07 Å². The first-order valence-corrected chi connectivity index (χ1v) is 14.2. The van der Waals surface area contributed by atoms with E-state index >= 15 is 0 Å². The monoisotopic (exact) mass is 446 g/mol. The lowest BCUT2D eigenvalue weighted by Crippen LogP contribution is -2.72. The maximum atomic E-state index is 2.37. The van der Waals surface area contributed by atoms with Crippen molar-refractivity contribution in [3.8, 4) is 9.75 Å².